The standard InChI is InChI=1S/C34H49FN4O6/c1-6-23(4)32(34(42)38-19-24-9-12-27(35)13-10-24)39-33(41)28(22(2)3)17-30(40)29(37)21-44-20-25-8-11-26(18-36)31(16-25)45-15-7-14-43-5/h8-13,16,22-23,28-30,32,40H,6-7,14-15,17,19-21,37H2,1-5H3,(H,38,42)(H,39,41). The van der Waals surface area contributed by atoms with Gasteiger partial charge in [-0.25, -0.2) is 4.39 Å². The van der Waals surface area contributed by atoms with Gasteiger partial charge >= 0.3 is 0 Å². The van der Waals surface area contributed by atoms with E-state index in [1.54, 1.807) is 37.4 Å². The Bertz CT molecular complexity index is 1240. The Kier molecular flexibility index (Phi) is 16.5. The molecular weight excluding hydrogens is 579 g/mol. The summed E-state index contributed by atoms with van der Waals surface area (Å²) in [6.45, 7) is 8.99. The molecule has 0 bridgehead atoms. The van der Waals surface area contributed by atoms with Crippen LogP contribution < -0.4 is 21.1 Å². The van der Waals surface area contributed by atoms with Gasteiger partial charge in [-0.15, -0.1) is 0 Å². The van der Waals surface area contributed by atoms with Crippen LogP contribution in [-0.4, -0.2) is 62.0 Å². The third kappa shape index (κ3) is 12.8. The number of hydrogen-bond donors (Lipinski definition) is 4. The minimum absolute atomic E-state index is 0.0406. The molecule has 0 heterocycles. The number of nitrogens with zero attached hydrogens (tertiary/aromatic N) is 1. The number of ether oxygens (including phenoxy) is 3. The number of carbonyl (C=O) groups excluding carboxylic acids is 2. The molecule has 248 valence electrons. The fourth-order valence-corrected chi connectivity index (χ4v) is 4.66. The zero-order valence-electron chi connectivity index (χ0n) is 27.1. The lowest BCUT2D eigenvalue weighted by molar-refractivity contribution is -0.134. The first-order valence-corrected chi connectivity index (χ1v) is 15.5. The van der Waals surface area contributed by atoms with E-state index in [2.05, 4.69) is 16.7 Å². The van der Waals surface area contributed by atoms with Gasteiger partial charge in [0.1, 0.15) is 23.7 Å². The Morgan fingerprint density at radius 2 is 1.76 bits per heavy atom. The molecule has 0 radical (unpaired) electrons. The number of nitriles is 1. The summed E-state index contributed by atoms with van der Waals surface area (Å²) >= 11 is 0. The third-order valence-electron chi connectivity index (χ3n) is 7.80. The second-order valence-corrected chi connectivity index (χ2v) is 11.7. The molecule has 0 saturated carbocycles. The predicted molar refractivity (Wildman–Crippen MR) is 169 cm³/mol. The normalized spacial score (nSPS) is 14.6. The van der Waals surface area contributed by atoms with E-state index in [4.69, 9.17) is 19.9 Å². The van der Waals surface area contributed by atoms with Gasteiger partial charge in [-0.2, -0.15) is 5.26 Å². The van der Waals surface area contributed by atoms with Crippen molar-refractivity contribution < 1.29 is 33.3 Å². The third-order valence-corrected chi connectivity index (χ3v) is 7.80. The lowest BCUT2D eigenvalue weighted by atomic mass is 9.86. The first kappa shape index (κ1) is 37.6. The zero-order chi connectivity index (χ0) is 33.4. The topological polar surface area (TPSA) is 156 Å². The van der Waals surface area contributed by atoms with E-state index in [0.717, 1.165) is 11.1 Å². The first-order chi connectivity index (χ1) is 21.5. The number of nitrogens with two attached hydrogens (primary N) is 1. The van der Waals surface area contributed by atoms with Gasteiger partial charge in [0, 0.05) is 32.6 Å². The van der Waals surface area contributed by atoms with Crippen LogP contribution in [0.3, 0.4) is 0 Å². The van der Waals surface area contributed by atoms with E-state index in [0.29, 0.717) is 37.4 Å². The van der Waals surface area contributed by atoms with Gasteiger partial charge in [0.05, 0.1) is 37.5 Å². The Morgan fingerprint density at radius 3 is 2.38 bits per heavy atom. The molecule has 5 atom stereocenters. The molecule has 2 amide bonds. The Hall–Kier alpha value is -3.56. The summed E-state index contributed by atoms with van der Waals surface area (Å²) in [4.78, 5) is 26.5. The molecule has 0 aliphatic rings. The molecule has 2 rings (SSSR count). The van der Waals surface area contributed by atoms with E-state index in [-0.39, 0.29) is 55.6 Å². The monoisotopic (exact) mass is 628 g/mol. The predicted octanol–water partition coefficient (Wildman–Crippen LogP) is 3.83. The van der Waals surface area contributed by atoms with Crippen molar-refractivity contribution in [2.45, 2.75) is 78.3 Å². The number of halogens is 1. The van der Waals surface area contributed by atoms with Crippen molar-refractivity contribution in [3.8, 4) is 11.8 Å². The molecule has 5 unspecified atom stereocenters. The average Bonchev–Trinajstić information content (AvgIpc) is 3.03. The molecule has 5 N–H and O–H groups in total. The molecule has 0 fully saturated rings. The van der Waals surface area contributed by atoms with Crippen molar-refractivity contribution in [1.29, 1.82) is 5.26 Å². The number of aliphatic hydroxyl groups is 1. The van der Waals surface area contributed by atoms with Crippen molar-refractivity contribution in [2.75, 3.05) is 26.9 Å². The Balaban J connectivity index is 1.94. The Labute approximate surface area is 266 Å². The highest BCUT2D eigenvalue weighted by atomic mass is 19.1. The van der Waals surface area contributed by atoms with Crippen LogP contribution in [0.4, 0.5) is 4.39 Å². The van der Waals surface area contributed by atoms with Crippen LogP contribution in [0.2, 0.25) is 0 Å². The van der Waals surface area contributed by atoms with E-state index in [9.17, 15) is 24.3 Å². The van der Waals surface area contributed by atoms with Crippen LogP contribution in [0.1, 0.15) is 63.6 Å². The van der Waals surface area contributed by atoms with Gasteiger partial charge in [-0.3, -0.25) is 9.59 Å². The second-order valence-electron chi connectivity index (χ2n) is 11.7. The first-order valence-electron chi connectivity index (χ1n) is 15.5. The van der Waals surface area contributed by atoms with E-state index < -0.39 is 24.1 Å². The molecule has 0 aromatic heterocycles. The van der Waals surface area contributed by atoms with Gasteiger partial charge in [-0.1, -0.05) is 52.3 Å². The number of aliphatic hydroxyl groups excluding tert-OH is 1. The lowest BCUT2D eigenvalue weighted by Gasteiger charge is -2.29. The van der Waals surface area contributed by atoms with Crippen LogP contribution in [0.15, 0.2) is 42.5 Å². The molecule has 11 heteroatoms. The summed E-state index contributed by atoms with van der Waals surface area (Å²) in [5.41, 5.74) is 8.19. The number of carbonyl (C=O) groups is 2. The molecule has 0 saturated heterocycles. The molecule has 45 heavy (non-hydrogen) atoms. The summed E-state index contributed by atoms with van der Waals surface area (Å²) in [7, 11) is 1.61. The molecular formula is C34H49FN4O6. The minimum atomic E-state index is -1.03. The minimum Gasteiger partial charge on any atom is -0.492 e. The van der Waals surface area contributed by atoms with Crippen LogP contribution in [0.25, 0.3) is 0 Å². The van der Waals surface area contributed by atoms with Crippen molar-refractivity contribution in [1.82, 2.24) is 10.6 Å². The van der Waals surface area contributed by atoms with Crippen molar-refractivity contribution >= 4 is 11.8 Å². The largest absolute Gasteiger partial charge is 0.492 e. The number of benzene rings is 2. The molecule has 2 aromatic carbocycles. The van der Waals surface area contributed by atoms with Gasteiger partial charge in [-0.05, 0) is 53.6 Å². The highest BCUT2D eigenvalue weighted by Crippen LogP contribution is 2.22. The summed E-state index contributed by atoms with van der Waals surface area (Å²) in [5.74, 6) is -1.44. The highest BCUT2D eigenvalue weighted by molar-refractivity contribution is 5.88. The van der Waals surface area contributed by atoms with Crippen molar-refractivity contribution in [2.24, 2.45) is 23.5 Å². The fraction of sp³-hybridized carbons (Fsp3) is 0.559. The Morgan fingerprint density at radius 1 is 1.07 bits per heavy atom. The van der Waals surface area contributed by atoms with Gasteiger partial charge < -0.3 is 35.7 Å². The smallest absolute Gasteiger partial charge is 0.243 e. The summed E-state index contributed by atoms with van der Waals surface area (Å²) < 4.78 is 29.8. The van der Waals surface area contributed by atoms with Gasteiger partial charge in [0.15, 0.2) is 0 Å². The van der Waals surface area contributed by atoms with Gasteiger partial charge in [0.25, 0.3) is 0 Å². The second kappa shape index (κ2) is 19.7. The zero-order valence-corrected chi connectivity index (χ0v) is 27.1. The maximum atomic E-state index is 13.4. The van der Waals surface area contributed by atoms with Crippen LogP contribution >= 0.6 is 0 Å². The van der Waals surface area contributed by atoms with Crippen molar-refractivity contribution in [3.05, 3.63) is 65.0 Å². The molecule has 0 aliphatic carbocycles. The summed E-state index contributed by atoms with van der Waals surface area (Å²) in [5, 5.41) is 26.0. The maximum Gasteiger partial charge on any atom is 0.243 e. The quantitative estimate of drug-likeness (QED) is 0.161. The summed E-state index contributed by atoms with van der Waals surface area (Å²) in [6, 6.07) is 11.6. The average molecular weight is 629 g/mol. The number of rotatable bonds is 20. The van der Waals surface area contributed by atoms with E-state index in [1.165, 1.54) is 12.1 Å². The SMILES string of the molecule is CCC(C)C(NC(=O)C(CC(O)C(N)COCc1ccc(C#N)c(OCCCOC)c1)C(C)C)C(=O)NCc1ccc(F)cc1. The van der Waals surface area contributed by atoms with Crippen molar-refractivity contribution in [3.63, 3.8) is 0 Å². The fourth-order valence-electron chi connectivity index (χ4n) is 4.66. The molecule has 0 spiro atoms. The lowest BCUT2D eigenvalue weighted by Crippen LogP contribution is -2.52. The maximum absolute atomic E-state index is 13.4. The molecule has 10 nitrogen and oxygen atoms in total. The number of nitrogens with one attached hydrogen (secondary N) is 2. The molecule has 2 aromatic rings. The summed E-state index contributed by atoms with van der Waals surface area (Å²) in [6.07, 6.45) is 0.410. The van der Waals surface area contributed by atoms with Crippen LogP contribution in [0, 0.1) is 34.9 Å². The number of amides is 2. The van der Waals surface area contributed by atoms with E-state index in [1.807, 2.05) is 27.7 Å². The highest BCUT2D eigenvalue weighted by Gasteiger charge is 2.32. The number of hydrogen-bond acceptors (Lipinski definition) is 8. The number of methoxy groups -OCH3 is 1. The van der Waals surface area contributed by atoms with E-state index >= 15 is 0 Å². The molecule has 0 aliphatic heterocycles. The van der Waals surface area contributed by atoms with Crippen LogP contribution in [-0.2, 0) is 32.2 Å². The van der Waals surface area contributed by atoms with Gasteiger partial charge in [0.2, 0.25) is 11.8 Å². The van der Waals surface area contributed by atoms with Crippen LogP contribution in [0.5, 0.6) is 5.75 Å².